The fraction of sp³-hybridized carbons (Fsp3) is 0.375. The molecule has 0 aliphatic heterocycles. The maximum absolute atomic E-state index is 12.1. The lowest BCUT2D eigenvalue weighted by Crippen LogP contribution is -2.36. The van der Waals surface area contributed by atoms with Crippen molar-refractivity contribution < 1.29 is 14.6 Å². The number of carbonyl (C=O) groups is 1. The van der Waals surface area contributed by atoms with Gasteiger partial charge in [-0.3, -0.25) is 9.48 Å². The van der Waals surface area contributed by atoms with E-state index in [9.17, 15) is 9.90 Å². The van der Waals surface area contributed by atoms with E-state index in [0.29, 0.717) is 29.2 Å². The number of amides is 1. The lowest BCUT2D eigenvalue weighted by molar-refractivity contribution is -0.177. The van der Waals surface area contributed by atoms with Gasteiger partial charge in [0.1, 0.15) is 5.82 Å². The lowest BCUT2D eigenvalue weighted by Gasteiger charge is -2.28. The van der Waals surface area contributed by atoms with Gasteiger partial charge in [0.25, 0.3) is 5.91 Å². The van der Waals surface area contributed by atoms with Gasteiger partial charge in [-0.1, -0.05) is 12.1 Å². The molecule has 1 aromatic carbocycles. The zero-order valence-corrected chi connectivity index (χ0v) is 18.9. The molecule has 4 aromatic rings. The molecule has 33 heavy (non-hydrogen) atoms. The number of anilines is 1. The first-order valence-electron chi connectivity index (χ1n) is 11.0. The topological polar surface area (TPSA) is 131 Å². The number of H-pyrrole nitrogens is 1. The number of ether oxygens (including phenoxy) is 1. The Morgan fingerprint density at radius 3 is 2.82 bits per heavy atom. The van der Waals surface area contributed by atoms with Crippen LogP contribution in [0, 0.1) is 5.92 Å². The Balaban J connectivity index is 1.62. The first kappa shape index (κ1) is 21.4. The van der Waals surface area contributed by atoms with Crippen molar-refractivity contribution in [2.75, 3.05) is 12.4 Å². The molecule has 0 saturated heterocycles. The van der Waals surface area contributed by atoms with Gasteiger partial charge in [-0.25, -0.2) is 4.98 Å². The zero-order valence-electron chi connectivity index (χ0n) is 18.9. The fourth-order valence-corrected chi connectivity index (χ4v) is 4.45. The van der Waals surface area contributed by atoms with Crippen LogP contribution in [-0.4, -0.2) is 49.7 Å². The molecule has 0 bridgehead atoms. The SMILES string of the molecule is COC(C)(O)CC(Nc1ncc(C(N)=O)c2[nH]c3cc(-c4cnn(C)c4)ccc3c12)C1CC1. The van der Waals surface area contributed by atoms with Gasteiger partial charge in [-0.2, -0.15) is 5.10 Å². The molecule has 0 spiro atoms. The number of pyridine rings is 1. The zero-order chi connectivity index (χ0) is 23.3. The summed E-state index contributed by atoms with van der Waals surface area (Å²) in [6.45, 7) is 1.66. The number of nitrogens with two attached hydrogens (primary N) is 1. The Bertz CT molecular complexity index is 1350. The molecule has 1 saturated carbocycles. The van der Waals surface area contributed by atoms with Gasteiger partial charge < -0.3 is 25.9 Å². The second kappa shape index (κ2) is 7.86. The second-order valence-electron chi connectivity index (χ2n) is 9.09. The highest BCUT2D eigenvalue weighted by molar-refractivity contribution is 6.18. The summed E-state index contributed by atoms with van der Waals surface area (Å²) in [4.78, 5) is 20.1. The van der Waals surface area contributed by atoms with Crippen molar-refractivity contribution in [3.05, 3.63) is 42.4 Å². The summed E-state index contributed by atoms with van der Waals surface area (Å²) in [5.74, 6) is -0.703. The molecule has 2 atom stereocenters. The largest absolute Gasteiger partial charge is 0.366 e. The molecule has 172 valence electrons. The van der Waals surface area contributed by atoms with Crippen molar-refractivity contribution in [1.29, 1.82) is 0 Å². The average molecular weight is 449 g/mol. The van der Waals surface area contributed by atoms with E-state index in [-0.39, 0.29) is 6.04 Å². The number of methoxy groups -OCH3 is 1. The van der Waals surface area contributed by atoms with E-state index in [0.717, 1.165) is 40.3 Å². The number of aryl methyl sites for hydroxylation is 1. The molecule has 9 heteroatoms. The van der Waals surface area contributed by atoms with E-state index in [1.165, 1.54) is 13.3 Å². The van der Waals surface area contributed by atoms with Crippen LogP contribution in [0.25, 0.3) is 32.9 Å². The predicted octanol–water partition coefficient (Wildman–Crippen LogP) is 3.15. The first-order chi connectivity index (χ1) is 15.8. The number of fused-ring (bicyclic) bond motifs is 3. The van der Waals surface area contributed by atoms with Gasteiger partial charge >= 0.3 is 0 Å². The van der Waals surface area contributed by atoms with Gasteiger partial charge in [0.15, 0.2) is 5.79 Å². The number of benzene rings is 1. The molecule has 1 fully saturated rings. The number of rotatable bonds is 8. The number of aromatic nitrogens is 4. The molecule has 1 aliphatic carbocycles. The number of aliphatic hydroxyl groups is 1. The van der Waals surface area contributed by atoms with Crippen LogP contribution in [0.3, 0.4) is 0 Å². The van der Waals surface area contributed by atoms with Gasteiger partial charge in [0.2, 0.25) is 0 Å². The normalized spacial score (nSPS) is 16.7. The van der Waals surface area contributed by atoms with Crippen LogP contribution in [0.15, 0.2) is 36.8 Å². The number of nitrogens with zero attached hydrogens (tertiary/aromatic N) is 3. The van der Waals surface area contributed by atoms with Gasteiger partial charge in [-0.05, 0) is 37.3 Å². The number of primary amides is 1. The molecule has 5 rings (SSSR count). The minimum Gasteiger partial charge on any atom is -0.366 e. The maximum atomic E-state index is 12.1. The quantitative estimate of drug-likeness (QED) is 0.306. The molecule has 5 N–H and O–H groups in total. The Labute approximate surface area is 190 Å². The summed E-state index contributed by atoms with van der Waals surface area (Å²) in [5, 5.41) is 20.0. The third kappa shape index (κ3) is 4.05. The van der Waals surface area contributed by atoms with Crippen LogP contribution < -0.4 is 11.1 Å². The van der Waals surface area contributed by atoms with E-state index in [1.54, 1.807) is 11.6 Å². The van der Waals surface area contributed by atoms with Crippen molar-refractivity contribution in [3.63, 3.8) is 0 Å². The standard InChI is InChI=1S/C24H28N6O3/c1-24(32,33-3)9-19(13-4-5-13)29-23-20-16-7-6-14(15-10-27-30(2)12-15)8-18(16)28-21(20)17(11-26-23)22(25)31/h6-8,10-13,19,28,32H,4-5,9H2,1-3H3,(H2,25,31)(H,26,29). The highest BCUT2D eigenvalue weighted by Gasteiger charge is 2.37. The highest BCUT2D eigenvalue weighted by atomic mass is 16.6. The smallest absolute Gasteiger partial charge is 0.252 e. The van der Waals surface area contributed by atoms with Crippen LogP contribution in [0.2, 0.25) is 0 Å². The fourth-order valence-electron chi connectivity index (χ4n) is 4.45. The van der Waals surface area contributed by atoms with E-state index in [4.69, 9.17) is 10.5 Å². The van der Waals surface area contributed by atoms with Crippen LogP contribution in [0.5, 0.6) is 0 Å². The van der Waals surface area contributed by atoms with Crippen molar-refractivity contribution in [2.24, 2.45) is 18.7 Å². The molecule has 3 heterocycles. The van der Waals surface area contributed by atoms with Crippen LogP contribution in [0.1, 0.15) is 36.5 Å². The van der Waals surface area contributed by atoms with Crippen molar-refractivity contribution in [2.45, 2.75) is 38.0 Å². The van der Waals surface area contributed by atoms with Crippen molar-refractivity contribution >= 4 is 33.5 Å². The number of hydrogen-bond donors (Lipinski definition) is 4. The summed E-state index contributed by atoms with van der Waals surface area (Å²) < 4.78 is 7.01. The number of nitrogens with one attached hydrogen (secondary N) is 2. The summed E-state index contributed by atoms with van der Waals surface area (Å²) in [5.41, 5.74) is 9.52. The minimum atomic E-state index is -1.24. The molecule has 2 unspecified atom stereocenters. The Morgan fingerprint density at radius 2 is 2.18 bits per heavy atom. The Kier molecular flexibility index (Phi) is 5.10. The van der Waals surface area contributed by atoms with E-state index in [2.05, 4.69) is 20.4 Å². The second-order valence-corrected chi connectivity index (χ2v) is 9.09. The molecular formula is C24H28N6O3. The maximum Gasteiger partial charge on any atom is 0.252 e. The van der Waals surface area contributed by atoms with E-state index in [1.807, 2.05) is 37.6 Å². The highest BCUT2D eigenvalue weighted by Crippen LogP contribution is 2.40. The van der Waals surface area contributed by atoms with Crippen LogP contribution >= 0.6 is 0 Å². The molecule has 1 amide bonds. The monoisotopic (exact) mass is 448 g/mol. The van der Waals surface area contributed by atoms with Crippen LogP contribution in [0.4, 0.5) is 5.82 Å². The first-order valence-corrected chi connectivity index (χ1v) is 11.0. The summed E-state index contributed by atoms with van der Waals surface area (Å²) in [6, 6.07) is 6.07. The van der Waals surface area contributed by atoms with Crippen LogP contribution in [-0.2, 0) is 11.8 Å². The summed E-state index contributed by atoms with van der Waals surface area (Å²) in [6.07, 6.45) is 7.86. The Hall–Kier alpha value is -3.43. The van der Waals surface area contributed by atoms with Crippen molar-refractivity contribution in [3.8, 4) is 11.1 Å². The van der Waals surface area contributed by atoms with Gasteiger partial charge in [0, 0.05) is 55.5 Å². The third-order valence-electron chi connectivity index (χ3n) is 6.48. The summed E-state index contributed by atoms with van der Waals surface area (Å²) in [7, 11) is 3.38. The molecule has 1 aliphatic rings. The predicted molar refractivity (Wildman–Crippen MR) is 127 cm³/mol. The number of carbonyl (C=O) groups excluding carboxylic acids is 1. The van der Waals surface area contributed by atoms with E-state index >= 15 is 0 Å². The molecule has 0 radical (unpaired) electrons. The lowest BCUT2D eigenvalue weighted by atomic mass is 10.0. The van der Waals surface area contributed by atoms with Gasteiger partial charge in [0.05, 0.1) is 22.7 Å². The number of hydrogen-bond acceptors (Lipinski definition) is 6. The molecule has 9 nitrogen and oxygen atoms in total. The Morgan fingerprint density at radius 1 is 1.39 bits per heavy atom. The number of aromatic amines is 1. The molecule has 3 aromatic heterocycles. The van der Waals surface area contributed by atoms with E-state index < -0.39 is 11.7 Å². The van der Waals surface area contributed by atoms with Gasteiger partial charge in [-0.15, -0.1) is 0 Å². The average Bonchev–Trinajstić information content (AvgIpc) is 3.42. The molecular weight excluding hydrogens is 420 g/mol. The van der Waals surface area contributed by atoms with Crippen molar-refractivity contribution in [1.82, 2.24) is 19.7 Å². The minimum absolute atomic E-state index is 0.0188. The summed E-state index contributed by atoms with van der Waals surface area (Å²) >= 11 is 0. The third-order valence-corrected chi connectivity index (χ3v) is 6.48.